The van der Waals surface area contributed by atoms with Crippen molar-refractivity contribution in [1.29, 1.82) is 0 Å². The number of halogens is 1. The molecule has 2 unspecified atom stereocenters. The molecular weight excluding hydrogens is 326 g/mol. The average molecular weight is 350 g/mol. The second kappa shape index (κ2) is 9.08. The van der Waals surface area contributed by atoms with E-state index in [9.17, 15) is 5.11 Å². The average Bonchev–Trinajstić information content (AvgIpc) is 2.72. The van der Waals surface area contributed by atoms with Gasteiger partial charge in [-0.2, -0.15) is 0 Å². The predicted octanol–water partition coefficient (Wildman–Crippen LogP) is 3.41. The van der Waals surface area contributed by atoms with Crippen LogP contribution < -0.4 is 5.32 Å². The van der Waals surface area contributed by atoms with Crippen LogP contribution in [0.25, 0.3) is 0 Å². The summed E-state index contributed by atoms with van der Waals surface area (Å²) in [4.78, 5) is 1.25. The van der Waals surface area contributed by atoms with E-state index in [2.05, 4.69) is 42.0 Å². The minimum Gasteiger partial charge on any atom is -0.389 e. The molecule has 2 N–H and O–H groups in total. The van der Waals surface area contributed by atoms with Crippen LogP contribution in [0.4, 0.5) is 0 Å². The molecule has 5 heteroatoms. The molecule has 0 aliphatic heterocycles. The molecule has 0 spiro atoms. The maximum atomic E-state index is 9.83. The topological polar surface area (TPSA) is 41.5 Å². The zero-order valence-corrected chi connectivity index (χ0v) is 14.3. The highest BCUT2D eigenvalue weighted by molar-refractivity contribution is 9.10. The zero-order chi connectivity index (χ0) is 14.3. The number of aliphatic hydroxyl groups excluding tert-OH is 1. The maximum absolute atomic E-state index is 9.83. The summed E-state index contributed by atoms with van der Waals surface area (Å²) in [6.07, 6.45) is 0.789. The first-order chi connectivity index (χ1) is 8.99. The molecule has 0 radical (unpaired) electrons. The fourth-order valence-electron chi connectivity index (χ4n) is 1.87. The Kier molecular flexibility index (Phi) is 8.18. The fourth-order valence-corrected chi connectivity index (χ4v) is 3.33. The highest BCUT2D eigenvalue weighted by Gasteiger charge is 2.10. The summed E-state index contributed by atoms with van der Waals surface area (Å²) >= 11 is 5.19. The van der Waals surface area contributed by atoms with Gasteiger partial charge in [-0.1, -0.05) is 13.8 Å². The lowest BCUT2D eigenvalue weighted by molar-refractivity contribution is -0.00855. The van der Waals surface area contributed by atoms with E-state index >= 15 is 0 Å². The van der Waals surface area contributed by atoms with Crippen LogP contribution in [0.2, 0.25) is 0 Å². The van der Waals surface area contributed by atoms with Crippen LogP contribution in [0.5, 0.6) is 0 Å². The van der Waals surface area contributed by atoms with Gasteiger partial charge in [0.15, 0.2) is 0 Å². The molecule has 0 saturated heterocycles. The third kappa shape index (κ3) is 7.42. The molecule has 0 bridgehead atoms. The smallest absolute Gasteiger partial charge is 0.0897 e. The standard InChI is InChI=1S/C14H24BrNO2S/c1-10(2)6-11(3)18-9-12(17)7-16-8-14-13(15)4-5-19-14/h4-5,10-12,16-17H,6-9H2,1-3H3. The van der Waals surface area contributed by atoms with Crippen molar-refractivity contribution in [3.05, 3.63) is 20.8 Å². The number of hydrogen-bond acceptors (Lipinski definition) is 4. The fraction of sp³-hybridized carbons (Fsp3) is 0.714. The molecule has 0 saturated carbocycles. The van der Waals surface area contributed by atoms with E-state index in [1.54, 1.807) is 11.3 Å². The van der Waals surface area contributed by atoms with Crippen molar-refractivity contribution >= 4 is 27.3 Å². The summed E-state index contributed by atoms with van der Waals surface area (Å²) in [6, 6.07) is 2.04. The summed E-state index contributed by atoms with van der Waals surface area (Å²) < 4.78 is 6.76. The largest absolute Gasteiger partial charge is 0.389 e. The van der Waals surface area contributed by atoms with Gasteiger partial charge in [0.25, 0.3) is 0 Å². The minimum atomic E-state index is -0.451. The Labute approximate surface area is 128 Å². The Morgan fingerprint density at radius 3 is 2.74 bits per heavy atom. The van der Waals surface area contributed by atoms with Crippen molar-refractivity contribution < 1.29 is 9.84 Å². The monoisotopic (exact) mass is 349 g/mol. The number of ether oxygens (including phenoxy) is 1. The van der Waals surface area contributed by atoms with E-state index in [1.165, 1.54) is 4.88 Å². The molecular formula is C14H24BrNO2S. The van der Waals surface area contributed by atoms with Gasteiger partial charge in [0.1, 0.15) is 0 Å². The first-order valence-corrected chi connectivity index (χ1v) is 8.38. The summed E-state index contributed by atoms with van der Waals surface area (Å²) in [5, 5.41) is 15.1. The molecule has 1 aromatic rings. The van der Waals surface area contributed by atoms with Crippen LogP contribution in [-0.2, 0) is 11.3 Å². The Morgan fingerprint density at radius 2 is 2.16 bits per heavy atom. The molecule has 2 atom stereocenters. The zero-order valence-electron chi connectivity index (χ0n) is 11.9. The Morgan fingerprint density at radius 1 is 1.42 bits per heavy atom. The molecule has 0 amide bonds. The van der Waals surface area contributed by atoms with Crippen LogP contribution in [0, 0.1) is 5.92 Å². The van der Waals surface area contributed by atoms with Crippen molar-refractivity contribution in [2.75, 3.05) is 13.2 Å². The van der Waals surface area contributed by atoms with Crippen LogP contribution in [-0.4, -0.2) is 30.5 Å². The van der Waals surface area contributed by atoms with Crippen molar-refractivity contribution in [2.24, 2.45) is 5.92 Å². The Bertz CT molecular complexity index is 357. The van der Waals surface area contributed by atoms with Gasteiger partial charge < -0.3 is 15.2 Å². The normalized spacial score (nSPS) is 14.8. The van der Waals surface area contributed by atoms with E-state index in [-0.39, 0.29) is 6.10 Å². The summed E-state index contributed by atoms with van der Waals surface area (Å²) in [5.41, 5.74) is 0. The molecule has 0 fully saturated rings. The molecule has 110 valence electrons. The van der Waals surface area contributed by atoms with Gasteiger partial charge in [0.05, 0.1) is 18.8 Å². The molecule has 1 rings (SSSR count). The lowest BCUT2D eigenvalue weighted by Crippen LogP contribution is -2.31. The van der Waals surface area contributed by atoms with Gasteiger partial charge in [0.2, 0.25) is 0 Å². The van der Waals surface area contributed by atoms with Crippen molar-refractivity contribution in [1.82, 2.24) is 5.32 Å². The quantitative estimate of drug-likeness (QED) is 0.717. The van der Waals surface area contributed by atoms with E-state index < -0.39 is 6.10 Å². The highest BCUT2D eigenvalue weighted by atomic mass is 79.9. The lowest BCUT2D eigenvalue weighted by Gasteiger charge is -2.18. The first-order valence-electron chi connectivity index (χ1n) is 6.71. The highest BCUT2D eigenvalue weighted by Crippen LogP contribution is 2.22. The Balaban J connectivity index is 2.11. The van der Waals surface area contributed by atoms with Crippen LogP contribution >= 0.6 is 27.3 Å². The van der Waals surface area contributed by atoms with Crippen LogP contribution in [0.3, 0.4) is 0 Å². The van der Waals surface area contributed by atoms with Crippen LogP contribution in [0.1, 0.15) is 32.1 Å². The second-order valence-electron chi connectivity index (χ2n) is 5.25. The lowest BCUT2D eigenvalue weighted by atomic mass is 10.1. The number of rotatable bonds is 9. The molecule has 1 heterocycles. The molecule has 19 heavy (non-hydrogen) atoms. The van der Waals surface area contributed by atoms with Crippen LogP contribution in [0.15, 0.2) is 15.9 Å². The summed E-state index contributed by atoms with van der Waals surface area (Å²) in [6.45, 7) is 8.14. The minimum absolute atomic E-state index is 0.209. The second-order valence-corrected chi connectivity index (χ2v) is 7.10. The molecule has 1 aromatic heterocycles. The maximum Gasteiger partial charge on any atom is 0.0897 e. The van der Waals surface area contributed by atoms with Gasteiger partial charge in [-0.25, -0.2) is 0 Å². The van der Waals surface area contributed by atoms with Gasteiger partial charge in [0, 0.05) is 22.4 Å². The molecule has 3 nitrogen and oxygen atoms in total. The third-order valence-corrected chi connectivity index (χ3v) is 4.66. The third-order valence-electron chi connectivity index (χ3n) is 2.73. The van der Waals surface area contributed by atoms with Gasteiger partial charge in [-0.05, 0) is 46.6 Å². The van der Waals surface area contributed by atoms with Crippen molar-refractivity contribution in [2.45, 2.75) is 45.9 Å². The summed E-state index contributed by atoms with van der Waals surface area (Å²) in [7, 11) is 0. The molecule has 0 aliphatic carbocycles. The van der Waals surface area contributed by atoms with E-state index in [4.69, 9.17) is 4.74 Å². The Hall–Kier alpha value is 0.0600. The number of thiophene rings is 1. The molecule has 0 aromatic carbocycles. The predicted molar refractivity (Wildman–Crippen MR) is 84.6 cm³/mol. The number of nitrogens with one attached hydrogen (secondary N) is 1. The molecule has 0 aliphatic rings. The van der Waals surface area contributed by atoms with Gasteiger partial charge in [-0.3, -0.25) is 0 Å². The number of aliphatic hydroxyl groups is 1. The van der Waals surface area contributed by atoms with E-state index in [1.807, 2.05) is 11.4 Å². The summed E-state index contributed by atoms with van der Waals surface area (Å²) in [5.74, 6) is 0.626. The van der Waals surface area contributed by atoms with Crippen molar-refractivity contribution in [3.63, 3.8) is 0 Å². The first kappa shape index (κ1) is 17.1. The van der Waals surface area contributed by atoms with Crippen molar-refractivity contribution in [3.8, 4) is 0 Å². The van der Waals surface area contributed by atoms with Gasteiger partial charge in [-0.15, -0.1) is 11.3 Å². The van der Waals surface area contributed by atoms with Gasteiger partial charge >= 0.3 is 0 Å². The SMILES string of the molecule is CC(C)CC(C)OCC(O)CNCc1sccc1Br. The van der Waals surface area contributed by atoms with E-state index in [0.717, 1.165) is 17.4 Å². The number of hydrogen-bond donors (Lipinski definition) is 2. The van der Waals surface area contributed by atoms with E-state index in [0.29, 0.717) is 19.1 Å².